The molecule has 1 aromatic heterocycles. The Hall–Kier alpha value is -2.68. The summed E-state index contributed by atoms with van der Waals surface area (Å²) in [5.74, 6) is 0.308. The summed E-state index contributed by atoms with van der Waals surface area (Å²) in [6.45, 7) is 4.17. The topological polar surface area (TPSA) is 41.7 Å². The smallest absolute Gasteiger partial charge is 0.0995 e. The first-order valence-electron chi connectivity index (χ1n) is 7.80. The van der Waals surface area contributed by atoms with Crippen LogP contribution >= 0.6 is 0 Å². The van der Waals surface area contributed by atoms with Gasteiger partial charge in [-0.15, -0.1) is 0 Å². The van der Waals surface area contributed by atoms with Crippen LogP contribution < -0.4 is 0 Å². The molecule has 2 aromatic carbocycles. The molecule has 1 heterocycles. The van der Waals surface area contributed by atoms with Gasteiger partial charge < -0.3 is 9.98 Å². The Balaban J connectivity index is 0.000000229. The summed E-state index contributed by atoms with van der Waals surface area (Å²) in [6, 6.07) is 20.4. The lowest BCUT2D eigenvalue weighted by Crippen LogP contribution is -1.94. The van der Waals surface area contributed by atoms with E-state index >= 15 is 0 Å². The van der Waals surface area contributed by atoms with E-state index in [1.807, 2.05) is 65.6 Å². The minimum atomic E-state index is 0.308. The third-order valence-corrected chi connectivity index (χ3v) is 3.57. The van der Waals surface area contributed by atoms with Gasteiger partial charge in [-0.1, -0.05) is 61.0 Å². The van der Waals surface area contributed by atoms with Crippen molar-refractivity contribution in [1.82, 2.24) is 9.55 Å². The van der Waals surface area contributed by atoms with E-state index in [-0.39, 0.29) is 0 Å². The Labute approximate surface area is 138 Å². The van der Waals surface area contributed by atoms with Crippen LogP contribution in [0.4, 0.5) is 0 Å². The molecule has 1 N–H and O–H groups in total. The van der Waals surface area contributed by atoms with E-state index in [4.69, 9.17) is 5.41 Å². The van der Waals surface area contributed by atoms with Gasteiger partial charge in [0, 0.05) is 17.8 Å². The van der Waals surface area contributed by atoms with Crippen molar-refractivity contribution >= 4 is 6.21 Å². The highest BCUT2D eigenvalue weighted by atomic mass is 15.0. The molecule has 0 bridgehead atoms. The van der Waals surface area contributed by atoms with Crippen molar-refractivity contribution < 1.29 is 0 Å². The molecular formula is C20H23N3. The third kappa shape index (κ3) is 5.22. The van der Waals surface area contributed by atoms with E-state index in [2.05, 4.69) is 31.0 Å². The third-order valence-electron chi connectivity index (χ3n) is 3.57. The summed E-state index contributed by atoms with van der Waals surface area (Å²) in [5.41, 5.74) is 3.47. The molecule has 0 saturated heterocycles. The van der Waals surface area contributed by atoms with Gasteiger partial charge in [-0.05, 0) is 31.7 Å². The van der Waals surface area contributed by atoms with Gasteiger partial charge in [0.1, 0.15) is 0 Å². The van der Waals surface area contributed by atoms with Crippen molar-refractivity contribution in [1.29, 1.82) is 5.41 Å². The highest BCUT2D eigenvalue weighted by molar-refractivity contribution is 5.54. The molecule has 3 rings (SSSR count). The normalized spacial score (nSPS) is 11.2. The van der Waals surface area contributed by atoms with E-state index in [0.717, 1.165) is 17.8 Å². The Morgan fingerprint density at radius 1 is 1.04 bits per heavy atom. The zero-order chi connectivity index (χ0) is 16.5. The van der Waals surface area contributed by atoms with Gasteiger partial charge in [0.2, 0.25) is 0 Å². The highest BCUT2D eigenvalue weighted by Crippen LogP contribution is 2.17. The molecule has 0 aliphatic carbocycles. The van der Waals surface area contributed by atoms with Crippen molar-refractivity contribution in [3.05, 3.63) is 84.4 Å². The van der Waals surface area contributed by atoms with Crippen LogP contribution in [-0.4, -0.2) is 15.8 Å². The van der Waals surface area contributed by atoms with Crippen LogP contribution in [0, 0.1) is 12.3 Å². The average molecular weight is 305 g/mol. The number of rotatable bonds is 4. The van der Waals surface area contributed by atoms with Gasteiger partial charge in [0.15, 0.2) is 0 Å². The summed E-state index contributed by atoms with van der Waals surface area (Å²) < 4.78 is 2.01. The van der Waals surface area contributed by atoms with Crippen molar-refractivity contribution in [2.24, 2.45) is 0 Å². The molecule has 1 atom stereocenters. The molecule has 118 valence electrons. The molecule has 3 aromatic rings. The maximum atomic E-state index is 7.09. The standard InChI is InChI=1S/C13H15N3.C7H8/c1-11(7-8-14)13-9-16(10-15-13)12-5-3-2-4-6-12;1-7-5-3-2-4-6-7/h2-6,8-11,14H,7H2,1H3;2-6H,1H3. The molecule has 0 fully saturated rings. The maximum absolute atomic E-state index is 7.09. The minimum absolute atomic E-state index is 0.308. The number of aryl methyl sites for hydroxylation is 1. The monoisotopic (exact) mass is 305 g/mol. The Kier molecular flexibility index (Phi) is 6.30. The first kappa shape index (κ1) is 16.7. The molecule has 0 radical (unpaired) electrons. The summed E-state index contributed by atoms with van der Waals surface area (Å²) in [7, 11) is 0. The van der Waals surface area contributed by atoms with E-state index in [1.165, 1.54) is 11.8 Å². The zero-order valence-electron chi connectivity index (χ0n) is 13.7. The summed E-state index contributed by atoms with van der Waals surface area (Å²) in [6.07, 6.45) is 6.03. The summed E-state index contributed by atoms with van der Waals surface area (Å²) in [4.78, 5) is 4.37. The molecule has 0 aliphatic heterocycles. The minimum Gasteiger partial charge on any atom is -0.313 e. The molecule has 3 nitrogen and oxygen atoms in total. The van der Waals surface area contributed by atoms with E-state index in [1.54, 1.807) is 0 Å². The highest BCUT2D eigenvalue weighted by Gasteiger charge is 2.07. The lowest BCUT2D eigenvalue weighted by Gasteiger charge is -2.03. The second kappa shape index (κ2) is 8.69. The predicted octanol–water partition coefficient (Wildman–Crippen LogP) is 5.01. The van der Waals surface area contributed by atoms with Crippen molar-refractivity contribution in [2.75, 3.05) is 0 Å². The number of nitrogens with one attached hydrogen (secondary N) is 1. The molecule has 0 aliphatic rings. The number of para-hydroxylation sites is 1. The van der Waals surface area contributed by atoms with Gasteiger partial charge in [0.25, 0.3) is 0 Å². The summed E-state index contributed by atoms with van der Waals surface area (Å²) in [5, 5.41) is 7.09. The van der Waals surface area contributed by atoms with Crippen LogP contribution in [0.2, 0.25) is 0 Å². The largest absolute Gasteiger partial charge is 0.313 e. The van der Waals surface area contributed by atoms with Gasteiger partial charge in [-0.3, -0.25) is 0 Å². The zero-order valence-corrected chi connectivity index (χ0v) is 13.7. The molecular weight excluding hydrogens is 282 g/mol. The Bertz CT molecular complexity index is 702. The molecule has 0 spiro atoms. The van der Waals surface area contributed by atoms with E-state index in [9.17, 15) is 0 Å². The fraction of sp³-hybridized carbons (Fsp3) is 0.200. The quantitative estimate of drug-likeness (QED) is 0.676. The van der Waals surface area contributed by atoms with Crippen LogP contribution in [-0.2, 0) is 0 Å². The number of aromatic nitrogens is 2. The van der Waals surface area contributed by atoms with Crippen LogP contribution in [0.5, 0.6) is 0 Å². The van der Waals surface area contributed by atoms with E-state index in [0.29, 0.717) is 5.92 Å². The SMILES string of the molecule is CC(CC=N)c1cn(-c2ccccc2)cn1.Cc1ccccc1. The average Bonchev–Trinajstić information content (AvgIpc) is 3.07. The molecule has 1 unspecified atom stereocenters. The van der Waals surface area contributed by atoms with Gasteiger partial charge in [0.05, 0.1) is 12.0 Å². The number of imidazole rings is 1. The number of nitrogens with zero attached hydrogens (tertiary/aromatic N) is 2. The summed E-state index contributed by atoms with van der Waals surface area (Å²) >= 11 is 0. The Morgan fingerprint density at radius 3 is 2.17 bits per heavy atom. The van der Waals surface area contributed by atoms with Crippen molar-refractivity contribution in [3.63, 3.8) is 0 Å². The maximum Gasteiger partial charge on any atom is 0.0995 e. The van der Waals surface area contributed by atoms with Crippen LogP contribution in [0.15, 0.2) is 73.2 Å². The van der Waals surface area contributed by atoms with Crippen LogP contribution in [0.25, 0.3) is 5.69 Å². The lowest BCUT2D eigenvalue weighted by molar-refractivity contribution is 0.782. The fourth-order valence-corrected chi connectivity index (χ4v) is 2.17. The molecule has 0 saturated carbocycles. The molecule has 23 heavy (non-hydrogen) atoms. The van der Waals surface area contributed by atoms with Gasteiger partial charge in [-0.2, -0.15) is 0 Å². The number of hydrogen-bond donors (Lipinski definition) is 1. The first-order valence-corrected chi connectivity index (χ1v) is 7.80. The molecule has 0 amide bonds. The Morgan fingerprint density at radius 2 is 1.65 bits per heavy atom. The fourth-order valence-electron chi connectivity index (χ4n) is 2.17. The second-order valence-electron chi connectivity index (χ2n) is 5.54. The number of hydrogen-bond acceptors (Lipinski definition) is 2. The lowest BCUT2D eigenvalue weighted by atomic mass is 10.1. The number of benzene rings is 2. The van der Waals surface area contributed by atoms with Crippen LogP contribution in [0.3, 0.4) is 0 Å². The van der Waals surface area contributed by atoms with Crippen molar-refractivity contribution in [2.45, 2.75) is 26.2 Å². The molecule has 3 heteroatoms. The predicted molar refractivity (Wildman–Crippen MR) is 96.6 cm³/mol. The van der Waals surface area contributed by atoms with E-state index < -0.39 is 0 Å². The van der Waals surface area contributed by atoms with Gasteiger partial charge >= 0.3 is 0 Å². The van der Waals surface area contributed by atoms with Crippen molar-refractivity contribution in [3.8, 4) is 5.69 Å². The first-order chi connectivity index (χ1) is 11.2. The van der Waals surface area contributed by atoms with Crippen LogP contribution in [0.1, 0.15) is 30.5 Å². The second-order valence-corrected chi connectivity index (χ2v) is 5.54. The van der Waals surface area contributed by atoms with Gasteiger partial charge in [-0.25, -0.2) is 4.98 Å².